The molecule has 0 saturated heterocycles. The number of halogens is 2. The molecule has 0 amide bonds. The van der Waals surface area contributed by atoms with Crippen LogP contribution >= 0.6 is 15.9 Å². The van der Waals surface area contributed by atoms with E-state index in [9.17, 15) is 4.39 Å². The lowest BCUT2D eigenvalue weighted by molar-refractivity contribution is 0.679. The third kappa shape index (κ3) is 1.57. The standard InChI is InChI=1S/C7H6BrFN2/c8-5-1-4(3-10)7(11)6(9)2-5/h1-3,11H,10H2/b4-3-,11-7?. The Morgan fingerprint density at radius 2 is 2.18 bits per heavy atom. The highest BCUT2D eigenvalue weighted by Gasteiger charge is 2.13. The van der Waals surface area contributed by atoms with Crippen molar-refractivity contribution in [3.8, 4) is 0 Å². The molecule has 1 rings (SSSR count). The normalized spacial score (nSPS) is 21.6. The van der Waals surface area contributed by atoms with E-state index in [2.05, 4.69) is 15.9 Å². The van der Waals surface area contributed by atoms with Crippen LogP contribution in [0.25, 0.3) is 0 Å². The highest BCUT2D eigenvalue weighted by molar-refractivity contribution is 9.11. The minimum absolute atomic E-state index is 0.171. The fraction of sp³-hybridized carbons (Fsp3) is 0. The summed E-state index contributed by atoms with van der Waals surface area (Å²) in [5.74, 6) is -0.573. The molecule has 1 aliphatic rings. The van der Waals surface area contributed by atoms with Crippen LogP contribution in [0, 0.1) is 5.41 Å². The lowest BCUT2D eigenvalue weighted by Gasteiger charge is -2.07. The topological polar surface area (TPSA) is 49.9 Å². The van der Waals surface area contributed by atoms with Crippen molar-refractivity contribution in [1.82, 2.24) is 0 Å². The second-order valence-electron chi connectivity index (χ2n) is 2.02. The molecule has 0 aromatic carbocycles. The molecule has 0 aromatic heterocycles. The van der Waals surface area contributed by atoms with Crippen molar-refractivity contribution < 1.29 is 4.39 Å². The summed E-state index contributed by atoms with van der Waals surface area (Å²) in [6.07, 6.45) is 4.02. The van der Waals surface area contributed by atoms with E-state index >= 15 is 0 Å². The maximum absolute atomic E-state index is 12.7. The fourth-order valence-electron chi connectivity index (χ4n) is 0.725. The quantitative estimate of drug-likeness (QED) is 0.640. The predicted octanol–water partition coefficient (Wildman–Crippen LogP) is 1.99. The van der Waals surface area contributed by atoms with Crippen LogP contribution in [0.15, 0.2) is 34.2 Å². The molecule has 0 spiro atoms. The maximum Gasteiger partial charge on any atom is 0.149 e. The summed E-state index contributed by atoms with van der Waals surface area (Å²) in [4.78, 5) is 0. The Balaban J connectivity index is 3.10. The van der Waals surface area contributed by atoms with Crippen molar-refractivity contribution in [3.05, 3.63) is 34.2 Å². The van der Waals surface area contributed by atoms with Gasteiger partial charge in [0.05, 0.1) is 5.71 Å². The van der Waals surface area contributed by atoms with Crippen LogP contribution in [-0.2, 0) is 0 Å². The van der Waals surface area contributed by atoms with E-state index in [0.29, 0.717) is 10.1 Å². The van der Waals surface area contributed by atoms with Crippen molar-refractivity contribution in [2.45, 2.75) is 0 Å². The minimum Gasteiger partial charge on any atom is -0.404 e. The van der Waals surface area contributed by atoms with Gasteiger partial charge >= 0.3 is 0 Å². The van der Waals surface area contributed by atoms with E-state index < -0.39 is 5.83 Å². The summed E-state index contributed by atoms with van der Waals surface area (Å²) < 4.78 is 13.3. The van der Waals surface area contributed by atoms with Gasteiger partial charge in [-0.3, -0.25) is 5.41 Å². The van der Waals surface area contributed by atoms with Gasteiger partial charge in [-0.15, -0.1) is 0 Å². The Morgan fingerprint density at radius 1 is 1.55 bits per heavy atom. The van der Waals surface area contributed by atoms with Gasteiger partial charge in [-0.2, -0.15) is 0 Å². The average molecular weight is 217 g/mol. The van der Waals surface area contributed by atoms with Crippen LogP contribution in [0.4, 0.5) is 4.39 Å². The average Bonchev–Trinajstić information content (AvgIpc) is 1.96. The summed E-state index contributed by atoms with van der Waals surface area (Å²) in [6.45, 7) is 0. The Bertz CT molecular complexity index is 289. The second kappa shape index (κ2) is 3.00. The van der Waals surface area contributed by atoms with Gasteiger partial charge in [0.25, 0.3) is 0 Å². The van der Waals surface area contributed by atoms with Crippen LogP contribution in [0.1, 0.15) is 0 Å². The van der Waals surface area contributed by atoms with Crippen molar-refractivity contribution in [2.75, 3.05) is 0 Å². The van der Waals surface area contributed by atoms with E-state index in [1.165, 1.54) is 12.3 Å². The Labute approximate surface area is 71.9 Å². The lowest BCUT2D eigenvalue weighted by atomic mass is 10.1. The zero-order valence-electron chi connectivity index (χ0n) is 5.57. The molecule has 0 saturated carbocycles. The summed E-state index contributed by atoms with van der Waals surface area (Å²) in [7, 11) is 0. The van der Waals surface area contributed by atoms with E-state index in [0.717, 1.165) is 0 Å². The molecule has 1 aliphatic carbocycles. The Kier molecular flexibility index (Phi) is 2.24. The summed E-state index contributed by atoms with van der Waals surface area (Å²) in [5, 5.41) is 7.18. The van der Waals surface area contributed by atoms with E-state index in [4.69, 9.17) is 11.1 Å². The molecule has 0 aliphatic heterocycles. The van der Waals surface area contributed by atoms with Gasteiger partial charge in [-0.25, -0.2) is 4.39 Å². The molecule has 11 heavy (non-hydrogen) atoms. The fourth-order valence-corrected chi connectivity index (χ4v) is 1.17. The zero-order chi connectivity index (χ0) is 8.43. The van der Waals surface area contributed by atoms with Gasteiger partial charge in [0.2, 0.25) is 0 Å². The number of hydrogen-bond acceptors (Lipinski definition) is 2. The highest BCUT2D eigenvalue weighted by atomic mass is 79.9. The second-order valence-corrected chi connectivity index (χ2v) is 2.93. The van der Waals surface area contributed by atoms with Crippen molar-refractivity contribution in [3.63, 3.8) is 0 Å². The van der Waals surface area contributed by atoms with Gasteiger partial charge in [0.1, 0.15) is 5.83 Å². The third-order valence-electron chi connectivity index (χ3n) is 1.27. The molecule has 4 heteroatoms. The first-order valence-corrected chi connectivity index (χ1v) is 3.70. The summed E-state index contributed by atoms with van der Waals surface area (Å²) >= 11 is 3.09. The molecular formula is C7H6BrFN2. The van der Waals surface area contributed by atoms with Crippen LogP contribution < -0.4 is 5.73 Å². The summed E-state index contributed by atoms with van der Waals surface area (Å²) in [6, 6.07) is 0. The first kappa shape index (κ1) is 8.20. The Morgan fingerprint density at radius 3 is 2.73 bits per heavy atom. The Hall–Kier alpha value is -0.900. The molecule has 0 aromatic rings. The van der Waals surface area contributed by atoms with Crippen LogP contribution in [-0.4, -0.2) is 5.71 Å². The van der Waals surface area contributed by atoms with Gasteiger partial charge in [0.15, 0.2) is 0 Å². The van der Waals surface area contributed by atoms with Gasteiger partial charge < -0.3 is 5.73 Å². The molecule has 0 fully saturated rings. The van der Waals surface area contributed by atoms with Crippen molar-refractivity contribution in [1.29, 1.82) is 5.41 Å². The molecule has 2 nitrogen and oxygen atoms in total. The van der Waals surface area contributed by atoms with E-state index in [1.54, 1.807) is 6.08 Å². The lowest BCUT2D eigenvalue weighted by Crippen LogP contribution is -2.06. The minimum atomic E-state index is -0.573. The number of hydrogen-bond donors (Lipinski definition) is 2. The molecule has 0 atom stereocenters. The summed E-state index contributed by atoms with van der Waals surface area (Å²) in [5.41, 5.74) is 5.37. The highest BCUT2D eigenvalue weighted by Crippen LogP contribution is 2.22. The van der Waals surface area contributed by atoms with Gasteiger partial charge in [-0.05, 0) is 12.2 Å². The molecule has 0 heterocycles. The number of allylic oxidation sites excluding steroid dienone is 5. The molecule has 3 N–H and O–H groups in total. The van der Waals surface area contributed by atoms with Gasteiger partial charge in [-0.1, -0.05) is 15.9 Å². The molecule has 0 unspecified atom stereocenters. The molecule has 0 bridgehead atoms. The first-order chi connectivity index (χ1) is 5.15. The van der Waals surface area contributed by atoms with Crippen LogP contribution in [0.5, 0.6) is 0 Å². The van der Waals surface area contributed by atoms with Crippen LogP contribution in [0.3, 0.4) is 0 Å². The van der Waals surface area contributed by atoms with Crippen molar-refractivity contribution >= 4 is 21.6 Å². The predicted molar refractivity (Wildman–Crippen MR) is 46.2 cm³/mol. The largest absolute Gasteiger partial charge is 0.404 e. The molecular weight excluding hydrogens is 211 g/mol. The first-order valence-electron chi connectivity index (χ1n) is 2.90. The number of nitrogens with one attached hydrogen (secondary N) is 1. The van der Waals surface area contributed by atoms with E-state index in [-0.39, 0.29) is 5.71 Å². The SMILES string of the molecule is N=C1C(F)=CC(Br)=C/C1=C/N. The maximum atomic E-state index is 12.7. The van der Waals surface area contributed by atoms with Crippen molar-refractivity contribution in [2.24, 2.45) is 5.73 Å². The number of nitrogens with two attached hydrogens (primary N) is 1. The van der Waals surface area contributed by atoms with Gasteiger partial charge in [0, 0.05) is 16.3 Å². The van der Waals surface area contributed by atoms with Crippen LogP contribution in [0.2, 0.25) is 0 Å². The van der Waals surface area contributed by atoms with E-state index in [1.807, 2.05) is 0 Å². The molecule has 0 radical (unpaired) electrons. The molecule has 58 valence electrons. The monoisotopic (exact) mass is 216 g/mol. The zero-order valence-corrected chi connectivity index (χ0v) is 7.15. The number of rotatable bonds is 0. The smallest absolute Gasteiger partial charge is 0.149 e. The third-order valence-corrected chi connectivity index (χ3v) is 1.72.